The first-order chi connectivity index (χ1) is 12.1. The molecule has 1 aliphatic heterocycles. The largest absolute Gasteiger partial charge is 0.497 e. The van der Waals surface area contributed by atoms with Gasteiger partial charge in [-0.2, -0.15) is 0 Å². The molecule has 3 rings (SSSR count). The summed E-state index contributed by atoms with van der Waals surface area (Å²) in [5.74, 6) is 2.27. The average Bonchev–Trinajstić information content (AvgIpc) is 3.09. The standard InChI is InChI=1S/C19H20O6/c1-22-15-5-3-13(4-6-15)16(21)10-14(20)7-12-8-17(23-2)19-18(9-12)24-11-25-19/h3-6,8-9,14,20H,7,10-11H2,1-2H3/t14-/m0/s1. The van der Waals surface area contributed by atoms with Gasteiger partial charge < -0.3 is 24.1 Å². The van der Waals surface area contributed by atoms with E-state index in [1.54, 1.807) is 50.6 Å². The van der Waals surface area contributed by atoms with E-state index in [4.69, 9.17) is 18.9 Å². The van der Waals surface area contributed by atoms with Crippen molar-refractivity contribution in [1.82, 2.24) is 0 Å². The summed E-state index contributed by atoms with van der Waals surface area (Å²) in [6.07, 6.45) is -0.461. The highest BCUT2D eigenvalue weighted by atomic mass is 16.7. The summed E-state index contributed by atoms with van der Waals surface area (Å²) < 4.78 is 21.1. The number of aliphatic hydroxyl groups excluding tert-OH is 1. The molecule has 25 heavy (non-hydrogen) atoms. The number of benzene rings is 2. The summed E-state index contributed by atoms with van der Waals surface area (Å²) in [5, 5.41) is 10.3. The molecule has 6 heteroatoms. The van der Waals surface area contributed by atoms with Gasteiger partial charge in [-0.3, -0.25) is 4.79 Å². The molecule has 2 aromatic carbocycles. The van der Waals surface area contributed by atoms with Crippen LogP contribution >= 0.6 is 0 Å². The number of Topliss-reactive ketones (excluding diaryl/α,β-unsaturated/α-hetero) is 1. The SMILES string of the molecule is COc1ccc(C(=O)C[C@@H](O)Cc2cc(OC)c3c(c2)OCO3)cc1. The first kappa shape index (κ1) is 17.1. The molecule has 1 heterocycles. The van der Waals surface area contributed by atoms with Crippen LogP contribution in [0.5, 0.6) is 23.0 Å². The Bertz CT molecular complexity index is 753. The first-order valence-corrected chi connectivity index (χ1v) is 7.92. The van der Waals surface area contributed by atoms with Crippen molar-refractivity contribution < 1.29 is 28.8 Å². The van der Waals surface area contributed by atoms with Gasteiger partial charge in [0.1, 0.15) is 5.75 Å². The van der Waals surface area contributed by atoms with Crippen molar-refractivity contribution in [3.63, 3.8) is 0 Å². The molecule has 0 spiro atoms. The minimum absolute atomic E-state index is 0.0308. The second-order valence-electron chi connectivity index (χ2n) is 5.75. The number of ketones is 1. The highest BCUT2D eigenvalue weighted by Crippen LogP contribution is 2.42. The normalized spacial score (nSPS) is 13.4. The monoisotopic (exact) mass is 344 g/mol. The Balaban J connectivity index is 1.66. The molecule has 2 aromatic rings. The van der Waals surface area contributed by atoms with Crippen LogP contribution in [0.3, 0.4) is 0 Å². The lowest BCUT2D eigenvalue weighted by Gasteiger charge is -2.12. The molecule has 132 valence electrons. The number of ether oxygens (including phenoxy) is 4. The van der Waals surface area contributed by atoms with Crippen LogP contribution in [0.1, 0.15) is 22.3 Å². The van der Waals surface area contributed by atoms with Gasteiger partial charge in [0.25, 0.3) is 0 Å². The summed E-state index contributed by atoms with van der Waals surface area (Å²) in [4.78, 5) is 12.3. The number of carbonyl (C=O) groups excluding carboxylic acids is 1. The number of fused-ring (bicyclic) bond motifs is 1. The summed E-state index contributed by atoms with van der Waals surface area (Å²) >= 11 is 0. The third-order valence-corrected chi connectivity index (χ3v) is 4.02. The topological polar surface area (TPSA) is 74.2 Å². The van der Waals surface area contributed by atoms with Crippen molar-refractivity contribution in [2.75, 3.05) is 21.0 Å². The molecule has 1 aliphatic rings. The van der Waals surface area contributed by atoms with E-state index in [1.165, 1.54) is 0 Å². The molecule has 0 unspecified atom stereocenters. The van der Waals surface area contributed by atoms with E-state index in [0.717, 1.165) is 5.56 Å². The van der Waals surface area contributed by atoms with Gasteiger partial charge in [-0.05, 0) is 48.4 Å². The van der Waals surface area contributed by atoms with Gasteiger partial charge in [0.2, 0.25) is 12.5 Å². The smallest absolute Gasteiger partial charge is 0.231 e. The Labute approximate surface area is 145 Å². The van der Waals surface area contributed by atoms with Gasteiger partial charge in [-0.25, -0.2) is 0 Å². The Morgan fingerprint density at radius 3 is 2.60 bits per heavy atom. The molecule has 0 aromatic heterocycles. The number of methoxy groups -OCH3 is 2. The van der Waals surface area contributed by atoms with Crippen molar-refractivity contribution in [2.24, 2.45) is 0 Å². The van der Waals surface area contributed by atoms with E-state index in [0.29, 0.717) is 35.0 Å². The number of aliphatic hydroxyl groups is 1. The number of carbonyl (C=O) groups is 1. The zero-order valence-electron chi connectivity index (χ0n) is 14.2. The third-order valence-electron chi connectivity index (χ3n) is 4.02. The van der Waals surface area contributed by atoms with Gasteiger partial charge >= 0.3 is 0 Å². The van der Waals surface area contributed by atoms with Gasteiger partial charge in [0.15, 0.2) is 17.3 Å². The van der Waals surface area contributed by atoms with E-state index in [9.17, 15) is 9.90 Å². The van der Waals surface area contributed by atoms with Crippen LogP contribution in [0.25, 0.3) is 0 Å². The predicted molar refractivity (Wildman–Crippen MR) is 90.8 cm³/mol. The summed E-state index contributed by atoms with van der Waals surface area (Å²) in [7, 11) is 3.12. The molecule has 1 N–H and O–H groups in total. The van der Waals surface area contributed by atoms with Gasteiger partial charge in [-0.1, -0.05) is 0 Å². The van der Waals surface area contributed by atoms with Crippen molar-refractivity contribution >= 4 is 5.78 Å². The maximum atomic E-state index is 12.3. The minimum Gasteiger partial charge on any atom is -0.497 e. The van der Waals surface area contributed by atoms with Crippen LogP contribution in [0.4, 0.5) is 0 Å². The first-order valence-electron chi connectivity index (χ1n) is 7.92. The lowest BCUT2D eigenvalue weighted by molar-refractivity contribution is 0.0881. The van der Waals surface area contributed by atoms with Crippen LogP contribution in [0.2, 0.25) is 0 Å². The van der Waals surface area contributed by atoms with Gasteiger partial charge in [0.05, 0.1) is 20.3 Å². The number of hydrogen-bond donors (Lipinski definition) is 1. The average molecular weight is 344 g/mol. The molecule has 0 amide bonds. The third kappa shape index (κ3) is 3.85. The van der Waals surface area contributed by atoms with Crippen molar-refractivity contribution in [3.8, 4) is 23.0 Å². The molecule has 6 nitrogen and oxygen atoms in total. The Kier molecular flexibility index (Phi) is 5.09. The zero-order valence-corrected chi connectivity index (χ0v) is 14.2. The fraction of sp³-hybridized carbons (Fsp3) is 0.316. The Hall–Kier alpha value is -2.73. The van der Waals surface area contributed by atoms with Gasteiger partial charge in [-0.15, -0.1) is 0 Å². The second kappa shape index (κ2) is 7.44. The van der Waals surface area contributed by atoms with Crippen molar-refractivity contribution in [1.29, 1.82) is 0 Å². The van der Waals surface area contributed by atoms with Gasteiger partial charge in [0, 0.05) is 12.0 Å². The van der Waals surface area contributed by atoms with E-state index in [2.05, 4.69) is 0 Å². The highest BCUT2D eigenvalue weighted by molar-refractivity contribution is 5.96. The molecule has 0 aliphatic carbocycles. The maximum Gasteiger partial charge on any atom is 0.231 e. The Morgan fingerprint density at radius 2 is 1.92 bits per heavy atom. The molecular formula is C19H20O6. The summed E-state index contributed by atoms with van der Waals surface area (Å²) in [6, 6.07) is 10.4. The van der Waals surface area contributed by atoms with Crippen molar-refractivity contribution in [3.05, 3.63) is 47.5 Å². The quantitative estimate of drug-likeness (QED) is 0.778. The van der Waals surface area contributed by atoms with Crippen LogP contribution in [-0.4, -0.2) is 38.0 Å². The number of hydrogen-bond acceptors (Lipinski definition) is 6. The van der Waals surface area contributed by atoms with E-state index < -0.39 is 6.10 Å². The molecule has 0 saturated heterocycles. The molecule has 0 bridgehead atoms. The minimum atomic E-state index is -0.806. The summed E-state index contributed by atoms with van der Waals surface area (Å²) in [5.41, 5.74) is 1.36. The maximum absolute atomic E-state index is 12.3. The molecule has 0 radical (unpaired) electrons. The number of rotatable bonds is 7. The lowest BCUT2D eigenvalue weighted by Crippen LogP contribution is -2.16. The molecule has 1 atom stereocenters. The van der Waals surface area contributed by atoms with Crippen LogP contribution in [0, 0.1) is 0 Å². The predicted octanol–water partition coefficient (Wildman–Crippen LogP) is 2.61. The van der Waals surface area contributed by atoms with Crippen molar-refractivity contribution in [2.45, 2.75) is 18.9 Å². The van der Waals surface area contributed by atoms with E-state index >= 15 is 0 Å². The lowest BCUT2D eigenvalue weighted by atomic mass is 9.99. The molecule has 0 fully saturated rings. The van der Waals surface area contributed by atoms with Crippen LogP contribution in [-0.2, 0) is 6.42 Å². The van der Waals surface area contributed by atoms with Crippen LogP contribution in [0.15, 0.2) is 36.4 Å². The molecule has 0 saturated carbocycles. The van der Waals surface area contributed by atoms with E-state index in [1.807, 2.05) is 0 Å². The highest BCUT2D eigenvalue weighted by Gasteiger charge is 2.21. The second-order valence-corrected chi connectivity index (χ2v) is 5.75. The molecular weight excluding hydrogens is 324 g/mol. The van der Waals surface area contributed by atoms with E-state index in [-0.39, 0.29) is 19.0 Å². The Morgan fingerprint density at radius 1 is 1.16 bits per heavy atom. The van der Waals surface area contributed by atoms with Crippen LogP contribution < -0.4 is 18.9 Å². The fourth-order valence-electron chi connectivity index (χ4n) is 2.75. The fourth-order valence-corrected chi connectivity index (χ4v) is 2.75. The zero-order chi connectivity index (χ0) is 17.8. The summed E-state index contributed by atoms with van der Waals surface area (Å²) in [6.45, 7) is 0.146.